The molecule has 0 saturated carbocycles. The molecule has 0 unspecified atom stereocenters. The van der Waals surface area contributed by atoms with Gasteiger partial charge in [0.1, 0.15) is 5.01 Å². The number of benzene rings is 1. The zero-order valence-corrected chi connectivity index (χ0v) is 11.1. The van der Waals surface area contributed by atoms with E-state index in [1.54, 1.807) is 11.3 Å². The molecule has 0 spiro atoms. The fourth-order valence-electron chi connectivity index (χ4n) is 1.66. The molecule has 0 saturated heterocycles. The van der Waals surface area contributed by atoms with E-state index in [-0.39, 0.29) is 5.41 Å². The summed E-state index contributed by atoms with van der Waals surface area (Å²) in [5, 5.41) is 3.23. The number of hydrogen-bond donors (Lipinski definition) is 1. The maximum Gasteiger partial charge on any atom is 0.123 e. The number of thiazole rings is 1. The normalized spacial score (nSPS) is 11.7. The van der Waals surface area contributed by atoms with Gasteiger partial charge in [0.25, 0.3) is 0 Å². The van der Waals surface area contributed by atoms with Crippen molar-refractivity contribution in [3.05, 3.63) is 41.4 Å². The van der Waals surface area contributed by atoms with E-state index in [9.17, 15) is 0 Å². The van der Waals surface area contributed by atoms with Crippen LogP contribution in [-0.2, 0) is 6.42 Å². The van der Waals surface area contributed by atoms with Crippen molar-refractivity contribution in [3.8, 4) is 10.6 Å². The van der Waals surface area contributed by atoms with Crippen LogP contribution in [-0.4, -0.2) is 11.5 Å². The first kappa shape index (κ1) is 12.3. The molecule has 0 radical (unpaired) electrons. The Morgan fingerprint density at radius 3 is 2.59 bits per heavy atom. The van der Waals surface area contributed by atoms with Crippen LogP contribution in [0.4, 0.5) is 0 Å². The fourth-order valence-corrected chi connectivity index (χ4v) is 2.49. The van der Waals surface area contributed by atoms with E-state index in [1.807, 2.05) is 18.2 Å². The number of hydrogen-bond acceptors (Lipinski definition) is 3. The van der Waals surface area contributed by atoms with Gasteiger partial charge in [-0.05, 0) is 18.4 Å². The Labute approximate surface area is 107 Å². The zero-order valence-electron chi connectivity index (χ0n) is 10.3. The zero-order chi connectivity index (χ0) is 12.3. The van der Waals surface area contributed by atoms with E-state index < -0.39 is 0 Å². The summed E-state index contributed by atoms with van der Waals surface area (Å²) in [6.45, 7) is 5.04. The van der Waals surface area contributed by atoms with Crippen molar-refractivity contribution < 1.29 is 0 Å². The van der Waals surface area contributed by atoms with Gasteiger partial charge in [0.15, 0.2) is 0 Å². The van der Waals surface area contributed by atoms with Gasteiger partial charge in [-0.25, -0.2) is 4.98 Å². The minimum Gasteiger partial charge on any atom is -0.330 e. The van der Waals surface area contributed by atoms with E-state index in [1.165, 1.54) is 5.56 Å². The van der Waals surface area contributed by atoms with E-state index in [2.05, 4.69) is 36.3 Å². The number of nitrogens with two attached hydrogens (primary N) is 1. The van der Waals surface area contributed by atoms with Gasteiger partial charge in [-0.2, -0.15) is 0 Å². The van der Waals surface area contributed by atoms with E-state index in [0.29, 0.717) is 6.54 Å². The molecular formula is C14H18N2S. The molecule has 0 amide bonds. The summed E-state index contributed by atoms with van der Waals surface area (Å²) in [7, 11) is 0. The Kier molecular flexibility index (Phi) is 3.60. The van der Waals surface area contributed by atoms with Gasteiger partial charge in [-0.1, -0.05) is 44.2 Å². The standard InChI is InChI=1S/C14H18N2S/c1-14(2,10-15)8-12-9-17-13(16-12)11-6-4-3-5-7-11/h3-7,9H,8,10,15H2,1-2H3. The van der Waals surface area contributed by atoms with Crippen molar-refractivity contribution in [3.63, 3.8) is 0 Å². The fraction of sp³-hybridized carbons (Fsp3) is 0.357. The van der Waals surface area contributed by atoms with Crippen LogP contribution in [0.25, 0.3) is 10.6 Å². The maximum absolute atomic E-state index is 5.75. The molecule has 2 nitrogen and oxygen atoms in total. The molecule has 2 N–H and O–H groups in total. The molecule has 1 aromatic carbocycles. The van der Waals surface area contributed by atoms with Crippen LogP contribution in [0.1, 0.15) is 19.5 Å². The second-order valence-electron chi connectivity index (χ2n) is 5.06. The summed E-state index contributed by atoms with van der Waals surface area (Å²) in [6.07, 6.45) is 0.937. The van der Waals surface area contributed by atoms with Crippen LogP contribution in [0.15, 0.2) is 35.7 Å². The van der Waals surface area contributed by atoms with E-state index >= 15 is 0 Å². The van der Waals surface area contributed by atoms with Gasteiger partial charge < -0.3 is 5.73 Å². The highest BCUT2D eigenvalue weighted by Crippen LogP contribution is 2.27. The predicted octanol–water partition coefficient (Wildman–Crippen LogP) is 3.34. The molecule has 0 fully saturated rings. The van der Waals surface area contributed by atoms with Crippen molar-refractivity contribution in [2.24, 2.45) is 11.1 Å². The molecule has 3 heteroatoms. The Hall–Kier alpha value is -1.19. The number of aromatic nitrogens is 1. The molecule has 0 atom stereocenters. The summed E-state index contributed by atoms with van der Waals surface area (Å²) in [5.74, 6) is 0. The largest absolute Gasteiger partial charge is 0.330 e. The molecule has 1 aromatic heterocycles. The van der Waals surface area contributed by atoms with Crippen LogP contribution in [0.2, 0.25) is 0 Å². The van der Waals surface area contributed by atoms with Crippen LogP contribution in [0.5, 0.6) is 0 Å². The average molecular weight is 246 g/mol. The van der Waals surface area contributed by atoms with Gasteiger partial charge in [0, 0.05) is 10.9 Å². The van der Waals surface area contributed by atoms with Crippen LogP contribution in [0, 0.1) is 5.41 Å². The first-order valence-corrected chi connectivity index (χ1v) is 6.68. The monoisotopic (exact) mass is 246 g/mol. The first-order valence-electron chi connectivity index (χ1n) is 5.81. The highest BCUT2D eigenvalue weighted by Gasteiger charge is 2.18. The molecule has 1 heterocycles. The molecule has 90 valence electrons. The summed E-state index contributed by atoms with van der Waals surface area (Å²) >= 11 is 1.70. The smallest absolute Gasteiger partial charge is 0.123 e. The molecule has 17 heavy (non-hydrogen) atoms. The lowest BCUT2D eigenvalue weighted by Crippen LogP contribution is -2.26. The highest BCUT2D eigenvalue weighted by molar-refractivity contribution is 7.13. The Morgan fingerprint density at radius 2 is 1.94 bits per heavy atom. The summed E-state index contributed by atoms with van der Waals surface area (Å²) in [6, 6.07) is 10.3. The van der Waals surface area contributed by atoms with E-state index in [0.717, 1.165) is 17.1 Å². The first-order chi connectivity index (χ1) is 8.11. The Balaban J connectivity index is 2.17. The second-order valence-corrected chi connectivity index (χ2v) is 5.91. The minimum atomic E-state index is 0.127. The third-order valence-corrected chi connectivity index (χ3v) is 3.72. The van der Waals surface area contributed by atoms with Gasteiger partial charge in [-0.3, -0.25) is 0 Å². The van der Waals surface area contributed by atoms with Crippen LogP contribution < -0.4 is 5.73 Å². The maximum atomic E-state index is 5.75. The van der Waals surface area contributed by atoms with Crippen LogP contribution >= 0.6 is 11.3 Å². The van der Waals surface area contributed by atoms with Crippen molar-refractivity contribution in [1.82, 2.24) is 4.98 Å². The molecule has 0 aliphatic heterocycles. The lowest BCUT2D eigenvalue weighted by atomic mass is 9.88. The van der Waals surface area contributed by atoms with Gasteiger partial charge in [0.2, 0.25) is 0 Å². The lowest BCUT2D eigenvalue weighted by molar-refractivity contribution is 0.373. The molecule has 2 aromatic rings. The Morgan fingerprint density at radius 1 is 1.24 bits per heavy atom. The number of rotatable bonds is 4. The average Bonchev–Trinajstić information content (AvgIpc) is 2.78. The van der Waals surface area contributed by atoms with Crippen molar-refractivity contribution in [2.75, 3.05) is 6.54 Å². The third kappa shape index (κ3) is 3.14. The molecule has 2 rings (SSSR count). The molecular weight excluding hydrogens is 228 g/mol. The topological polar surface area (TPSA) is 38.9 Å². The Bertz CT molecular complexity index is 474. The number of nitrogens with zero attached hydrogens (tertiary/aromatic N) is 1. The molecule has 0 aliphatic carbocycles. The van der Waals surface area contributed by atoms with Crippen molar-refractivity contribution in [1.29, 1.82) is 0 Å². The highest BCUT2D eigenvalue weighted by atomic mass is 32.1. The minimum absolute atomic E-state index is 0.127. The third-order valence-electron chi connectivity index (χ3n) is 2.78. The lowest BCUT2D eigenvalue weighted by Gasteiger charge is -2.20. The van der Waals surface area contributed by atoms with Gasteiger partial charge >= 0.3 is 0 Å². The second kappa shape index (κ2) is 4.98. The summed E-state index contributed by atoms with van der Waals surface area (Å²) in [5.41, 5.74) is 8.21. The quantitative estimate of drug-likeness (QED) is 0.898. The molecule has 0 aliphatic rings. The summed E-state index contributed by atoms with van der Waals surface area (Å²) < 4.78 is 0. The van der Waals surface area contributed by atoms with Crippen molar-refractivity contribution >= 4 is 11.3 Å². The van der Waals surface area contributed by atoms with Gasteiger partial charge in [-0.15, -0.1) is 11.3 Å². The van der Waals surface area contributed by atoms with Crippen molar-refractivity contribution in [2.45, 2.75) is 20.3 Å². The van der Waals surface area contributed by atoms with Crippen LogP contribution in [0.3, 0.4) is 0 Å². The van der Waals surface area contributed by atoms with Gasteiger partial charge in [0.05, 0.1) is 5.69 Å². The molecule has 0 bridgehead atoms. The SMILES string of the molecule is CC(C)(CN)Cc1csc(-c2ccccc2)n1. The predicted molar refractivity (Wildman–Crippen MR) is 74.1 cm³/mol. The summed E-state index contributed by atoms with van der Waals surface area (Å²) in [4.78, 5) is 4.68. The van der Waals surface area contributed by atoms with E-state index in [4.69, 9.17) is 5.73 Å².